The van der Waals surface area contributed by atoms with Crippen molar-refractivity contribution >= 4 is 28.7 Å². The molecule has 1 aromatic carbocycles. The third-order valence-electron chi connectivity index (χ3n) is 7.12. The monoisotopic (exact) mass is 498 g/mol. The fourth-order valence-electron chi connectivity index (χ4n) is 4.90. The Kier molecular flexibility index (Phi) is 9.49. The lowest BCUT2D eigenvalue weighted by atomic mass is 9.77. The molecule has 1 unspecified atom stereocenters. The van der Waals surface area contributed by atoms with Crippen LogP contribution in [0.3, 0.4) is 0 Å². The predicted octanol–water partition coefficient (Wildman–Crippen LogP) is 3.45. The number of carbonyl (C=O) groups excluding carboxylic acids is 2. The molecule has 1 aromatic heterocycles. The first kappa shape index (κ1) is 29.1. The Labute approximate surface area is 214 Å². The molecule has 0 aliphatic rings. The number of aliphatic carboxylic acids is 1. The molecule has 0 saturated carbocycles. The number of benzene rings is 1. The van der Waals surface area contributed by atoms with Crippen LogP contribution in [0.15, 0.2) is 42.1 Å². The standard InChI is InChI=1S/C28H42N4O4/c1-10-21(26(34)32(9)23(17(2)3)15-18(4)27(35)36)30-25(33)24(29-7)28(5,6)20-16-31(8)22-14-12-11-13-19(20)22/h11-17,21,23-24,29H,10H2,1-9H3,(H,30,33)(H,35,36)/b18-15+/t21-,23+,24?/m0/s1. The molecule has 0 bridgehead atoms. The molecule has 2 rings (SSSR count). The third-order valence-corrected chi connectivity index (χ3v) is 7.12. The fourth-order valence-corrected chi connectivity index (χ4v) is 4.90. The molecule has 3 N–H and O–H groups in total. The van der Waals surface area contributed by atoms with Crippen LogP contribution in [0.25, 0.3) is 10.9 Å². The SMILES string of the molecule is CC[C@H](NC(=O)C(NC)C(C)(C)c1cn(C)c2ccccc12)C(=O)N(C)[C@H](/C=C(\C)C(=O)O)C(C)C. The Bertz CT molecular complexity index is 1130. The highest BCUT2D eigenvalue weighted by molar-refractivity contribution is 5.92. The Morgan fingerprint density at radius 2 is 1.81 bits per heavy atom. The summed E-state index contributed by atoms with van der Waals surface area (Å²) in [6, 6.07) is 6.36. The molecule has 198 valence electrons. The lowest BCUT2D eigenvalue weighted by Gasteiger charge is -2.36. The second-order valence-corrected chi connectivity index (χ2v) is 10.4. The van der Waals surface area contributed by atoms with Gasteiger partial charge in [-0.15, -0.1) is 0 Å². The Hall–Kier alpha value is -3.13. The average molecular weight is 499 g/mol. The van der Waals surface area contributed by atoms with E-state index in [2.05, 4.69) is 33.5 Å². The fraction of sp³-hybridized carbons (Fsp3) is 0.536. The maximum absolute atomic E-state index is 13.6. The van der Waals surface area contributed by atoms with E-state index in [-0.39, 0.29) is 23.3 Å². The van der Waals surface area contributed by atoms with Crippen molar-refractivity contribution in [2.75, 3.05) is 14.1 Å². The second kappa shape index (κ2) is 11.7. The van der Waals surface area contributed by atoms with Crippen molar-refractivity contribution in [3.05, 3.63) is 47.7 Å². The summed E-state index contributed by atoms with van der Waals surface area (Å²) in [4.78, 5) is 39.9. The van der Waals surface area contributed by atoms with E-state index < -0.39 is 29.5 Å². The van der Waals surface area contributed by atoms with Crippen LogP contribution in [-0.4, -0.2) is 64.6 Å². The number of carboxylic acids is 1. The van der Waals surface area contributed by atoms with Crippen molar-refractivity contribution in [3.63, 3.8) is 0 Å². The highest BCUT2D eigenvalue weighted by atomic mass is 16.4. The highest BCUT2D eigenvalue weighted by Crippen LogP contribution is 2.34. The first-order chi connectivity index (χ1) is 16.8. The maximum atomic E-state index is 13.6. The molecule has 0 spiro atoms. The van der Waals surface area contributed by atoms with Gasteiger partial charge in [-0.3, -0.25) is 9.59 Å². The molecule has 1 heterocycles. The van der Waals surface area contributed by atoms with E-state index in [1.54, 1.807) is 20.2 Å². The van der Waals surface area contributed by atoms with Crippen LogP contribution < -0.4 is 10.6 Å². The van der Waals surface area contributed by atoms with Crippen LogP contribution in [0.5, 0.6) is 0 Å². The smallest absolute Gasteiger partial charge is 0.331 e. The first-order valence-electron chi connectivity index (χ1n) is 12.5. The van der Waals surface area contributed by atoms with E-state index in [1.807, 2.05) is 53.8 Å². The van der Waals surface area contributed by atoms with Gasteiger partial charge in [0, 0.05) is 42.2 Å². The van der Waals surface area contributed by atoms with E-state index in [9.17, 15) is 19.5 Å². The number of aryl methyl sites for hydroxylation is 1. The number of nitrogens with one attached hydrogen (secondary N) is 2. The molecular formula is C28H42N4O4. The zero-order valence-electron chi connectivity index (χ0n) is 23.0. The Balaban J connectivity index is 2.31. The summed E-state index contributed by atoms with van der Waals surface area (Å²) in [5, 5.41) is 16.5. The van der Waals surface area contributed by atoms with Crippen LogP contribution >= 0.6 is 0 Å². The zero-order chi connectivity index (χ0) is 27.4. The molecule has 0 aliphatic carbocycles. The van der Waals surface area contributed by atoms with Gasteiger partial charge < -0.3 is 25.2 Å². The summed E-state index contributed by atoms with van der Waals surface area (Å²) in [6.45, 7) is 11.3. The van der Waals surface area contributed by atoms with E-state index in [0.29, 0.717) is 6.42 Å². The van der Waals surface area contributed by atoms with Crippen molar-refractivity contribution in [3.8, 4) is 0 Å². The summed E-state index contributed by atoms with van der Waals surface area (Å²) in [7, 11) is 5.40. The zero-order valence-corrected chi connectivity index (χ0v) is 23.0. The van der Waals surface area contributed by atoms with E-state index in [1.165, 1.54) is 11.8 Å². The van der Waals surface area contributed by atoms with Gasteiger partial charge in [0.05, 0.1) is 12.1 Å². The molecule has 8 nitrogen and oxygen atoms in total. The van der Waals surface area contributed by atoms with Gasteiger partial charge in [-0.1, -0.05) is 58.9 Å². The highest BCUT2D eigenvalue weighted by Gasteiger charge is 2.39. The number of nitrogens with zero attached hydrogens (tertiary/aromatic N) is 2. The molecule has 36 heavy (non-hydrogen) atoms. The molecule has 0 saturated heterocycles. The van der Waals surface area contributed by atoms with Gasteiger partial charge in [0.15, 0.2) is 0 Å². The van der Waals surface area contributed by atoms with Gasteiger partial charge in [-0.05, 0) is 37.9 Å². The number of aromatic nitrogens is 1. The van der Waals surface area contributed by atoms with Crippen molar-refractivity contribution in [2.45, 2.75) is 71.5 Å². The second-order valence-electron chi connectivity index (χ2n) is 10.4. The van der Waals surface area contributed by atoms with E-state index >= 15 is 0 Å². The van der Waals surface area contributed by atoms with Gasteiger partial charge in [0.2, 0.25) is 11.8 Å². The molecule has 8 heteroatoms. The molecule has 0 radical (unpaired) electrons. The summed E-state index contributed by atoms with van der Waals surface area (Å²) in [6.07, 6.45) is 4.06. The minimum Gasteiger partial charge on any atom is -0.478 e. The molecule has 2 aromatic rings. The van der Waals surface area contributed by atoms with E-state index in [4.69, 9.17) is 0 Å². The molecule has 3 atom stereocenters. The number of likely N-dealkylation sites (N-methyl/N-ethyl adjacent to an activating group) is 2. The van der Waals surface area contributed by atoms with Crippen LogP contribution in [0, 0.1) is 5.92 Å². The average Bonchev–Trinajstić information content (AvgIpc) is 3.17. The number of fused-ring (bicyclic) bond motifs is 1. The van der Waals surface area contributed by atoms with Crippen LogP contribution in [-0.2, 0) is 26.8 Å². The Morgan fingerprint density at radius 1 is 1.19 bits per heavy atom. The number of hydrogen-bond donors (Lipinski definition) is 3. The summed E-state index contributed by atoms with van der Waals surface area (Å²) in [5.41, 5.74) is 1.73. The molecular weight excluding hydrogens is 456 g/mol. The van der Waals surface area contributed by atoms with Gasteiger partial charge in [-0.25, -0.2) is 4.79 Å². The first-order valence-corrected chi connectivity index (χ1v) is 12.5. The number of rotatable bonds is 11. The third kappa shape index (κ3) is 5.98. The molecule has 0 fully saturated rings. The number of amides is 2. The predicted molar refractivity (Wildman–Crippen MR) is 144 cm³/mol. The number of para-hydroxylation sites is 1. The minimum atomic E-state index is -1.02. The number of carbonyl (C=O) groups is 3. The van der Waals surface area contributed by atoms with Crippen molar-refractivity contribution in [2.24, 2.45) is 13.0 Å². The van der Waals surface area contributed by atoms with Crippen LogP contribution in [0.2, 0.25) is 0 Å². The quantitative estimate of drug-likeness (QED) is 0.412. The summed E-state index contributed by atoms with van der Waals surface area (Å²) < 4.78 is 2.06. The molecule has 2 amide bonds. The normalized spacial score (nSPS) is 15.0. The Morgan fingerprint density at radius 3 is 2.33 bits per heavy atom. The minimum absolute atomic E-state index is 0.00295. The lowest BCUT2D eigenvalue weighted by Crippen LogP contribution is -2.58. The molecule has 0 aliphatic heterocycles. The lowest BCUT2D eigenvalue weighted by molar-refractivity contribution is -0.138. The van der Waals surface area contributed by atoms with Gasteiger partial charge >= 0.3 is 5.97 Å². The van der Waals surface area contributed by atoms with Crippen molar-refractivity contribution in [1.29, 1.82) is 0 Å². The number of hydrogen-bond acceptors (Lipinski definition) is 4. The maximum Gasteiger partial charge on any atom is 0.331 e. The van der Waals surface area contributed by atoms with Gasteiger partial charge in [0.25, 0.3) is 0 Å². The van der Waals surface area contributed by atoms with Gasteiger partial charge in [0.1, 0.15) is 6.04 Å². The number of carboxylic acid groups (broad SMARTS) is 1. The summed E-state index contributed by atoms with van der Waals surface area (Å²) in [5.74, 6) is -1.54. The largest absolute Gasteiger partial charge is 0.478 e. The van der Waals surface area contributed by atoms with Crippen molar-refractivity contribution in [1.82, 2.24) is 20.1 Å². The van der Waals surface area contributed by atoms with Gasteiger partial charge in [-0.2, -0.15) is 0 Å². The van der Waals surface area contributed by atoms with Crippen LogP contribution in [0.1, 0.15) is 53.5 Å². The summed E-state index contributed by atoms with van der Waals surface area (Å²) >= 11 is 0. The van der Waals surface area contributed by atoms with Crippen molar-refractivity contribution < 1.29 is 19.5 Å². The van der Waals surface area contributed by atoms with Crippen LogP contribution in [0.4, 0.5) is 0 Å². The van der Waals surface area contributed by atoms with E-state index in [0.717, 1.165) is 16.5 Å². The topological polar surface area (TPSA) is 104 Å².